The van der Waals surface area contributed by atoms with Crippen LogP contribution in [0, 0.1) is 0 Å². The molecule has 0 bridgehead atoms. The summed E-state index contributed by atoms with van der Waals surface area (Å²) in [5, 5.41) is 0. The van der Waals surface area contributed by atoms with E-state index in [1.54, 1.807) is 12.1 Å². The number of carbonyl (C=O) groups excluding carboxylic acids is 2. The third kappa shape index (κ3) is 3.74. The summed E-state index contributed by atoms with van der Waals surface area (Å²) in [5.74, 6) is -0.644. The molecule has 0 saturated heterocycles. The summed E-state index contributed by atoms with van der Waals surface area (Å²) < 4.78 is 11.2. The zero-order valence-corrected chi connectivity index (χ0v) is 16.6. The number of nitrogens with zero attached hydrogens (tertiary/aromatic N) is 1. The monoisotopic (exact) mass is 397 g/mol. The molecule has 0 fully saturated rings. The molecule has 132 valence electrons. The summed E-state index contributed by atoms with van der Waals surface area (Å²) in [6.07, 6.45) is 0.506. The van der Waals surface area contributed by atoms with Gasteiger partial charge < -0.3 is 14.4 Å². The van der Waals surface area contributed by atoms with E-state index in [0.717, 1.165) is 15.7 Å². The second-order valence-electron chi connectivity index (χ2n) is 7.21. The number of methoxy groups -OCH3 is 1. The molecule has 0 spiro atoms. The Morgan fingerprint density at radius 3 is 2.42 bits per heavy atom. The van der Waals surface area contributed by atoms with Crippen molar-refractivity contribution in [2.75, 3.05) is 12.0 Å². The van der Waals surface area contributed by atoms with E-state index in [1.165, 1.54) is 7.11 Å². The van der Waals surface area contributed by atoms with Crippen molar-refractivity contribution in [1.29, 1.82) is 0 Å². The fraction of sp³-hybridized carbons (Fsp3) is 0.556. The van der Waals surface area contributed by atoms with E-state index in [1.807, 2.05) is 34.6 Å². The highest BCUT2D eigenvalue weighted by atomic mass is 79.9. The summed E-state index contributed by atoms with van der Waals surface area (Å²) in [4.78, 5) is 26.5. The van der Waals surface area contributed by atoms with E-state index in [9.17, 15) is 9.59 Å². The predicted octanol–water partition coefficient (Wildman–Crippen LogP) is 3.72. The van der Waals surface area contributed by atoms with E-state index in [0.29, 0.717) is 12.0 Å². The van der Waals surface area contributed by atoms with Crippen molar-refractivity contribution in [3.8, 4) is 0 Å². The van der Waals surface area contributed by atoms with Gasteiger partial charge in [-0.25, -0.2) is 9.59 Å². The number of benzene rings is 1. The smallest absolute Gasteiger partial charge is 0.337 e. The summed E-state index contributed by atoms with van der Waals surface area (Å²) in [6, 6.07) is 3.25. The zero-order chi connectivity index (χ0) is 18.2. The average Bonchev–Trinajstić information content (AvgIpc) is 2.84. The van der Waals surface area contributed by atoms with Crippen LogP contribution in [-0.2, 0) is 20.7 Å². The first-order valence-electron chi connectivity index (χ1n) is 7.97. The minimum atomic E-state index is -0.539. The van der Waals surface area contributed by atoms with Crippen LogP contribution in [0.1, 0.15) is 50.5 Å². The van der Waals surface area contributed by atoms with Crippen LogP contribution in [-0.4, -0.2) is 36.7 Å². The third-order valence-electron chi connectivity index (χ3n) is 3.81. The van der Waals surface area contributed by atoms with E-state index < -0.39 is 17.6 Å². The van der Waals surface area contributed by atoms with Crippen molar-refractivity contribution in [3.63, 3.8) is 0 Å². The Bertz CT molecular complexity index is 664. The number of esters is 2. The van der Waals surface area contributed by atoms with Crippen LogP contribution in [0.5, 0.6) is 0 Å². The molecule has 0 radical (unpaired) electrons. The van der Waals surface area contributed by atoms with E-state index >= 15 is 0 Å². The molecule has 1 aromatic rings. The van der Waals surface area contributed by atoms with Gasteiger partial charge in [-0.15, -0.1) is 0 Å². The van der Waals surface area contributed by atoms with Crippen molar-refractivity contribution >= 4 is 33.6 Å². The van der Waals surface area contributed by atoms with Gasteiger partial charge in [-0.2, -0.15) is 0 Å². The van der Waals surface area contributed by atoms with Crippen LogP contribution in [0.15, 0.2) is 16.6 Å². The summed E-state index contributed by atoms with van der Waals surface area (Å²) in [7, 11) is 1.35. The highest BCUT2D eigenvalue weighted by molar-refractivity contribution is 9.10. The van der Waals surface area contributed by atoms with Crippen LogP contribution < -0.4 is 4.90 Å². The molecule has 0 N–H and O–H groups in total. The highest BCUT2D eigenvalue weighted by Crippen LogP contribution is 2.41. The molecule has 0 saturated carbocycles. The molecule has 24 heavy (non-hydrogen) atoms. The molecule has 1 heterocycles. The van der Waals surface area contributed by atoms with Crippen LogP contribution in [0.25, 0.3) is 0 Å². The maximum absolute atomic E-state index is 12.7. The number of hydrogen-bond acceptors (Lipinski definition) is 5. The maximum Gasteiger partial charge on any atom is 0.337 e. The highest BCUT2D eigenvalue weighted by Gasteiger charge is 2.40. The molecule has 1 atom stereocenters. The Kier molecular flexibility index (Phi) is 5.28. The Balaban J connectivity index is 2.43. The topological polar surface area (TPSA) is 55.8 Å². The number of anilines is 1. The molecule has 1 aliphatic rings. The summed E-state index contributed by atoms with van der Waals surface area (Å²) >= 11 is 3.54. The second kappa shape index (κ2) is 6.75. The van der Waals surface area contributed by atoms with Crippen LogP contribution >= 0.6 is 15.9 Å². The minimum Gasteiger partial charge on any atom is -0.465 e. The number of carbonyl (C=O) groups is 2. The van der Waals surface area contributed by atoms with Gasteiger partial charge in [0.15, 0.2) is 0 Å². The Morgan fingerprint density at radius 1 is 1.29 bits per heavy atom. The molecule has 1 aliphatic heterocycles. The van der Waals surface area contributed by atoms with Gasteiger partial charge in [0.2, 0.25) is 0 Å². The molecule has 0 amide bonds. The zero-order valence-electron chi connectivity index (χ0n) is 15.0. The van der Waals surface area contributed by atoms with Gasteiger partial charge in [0.25, 0.3) is 0 Å². The minimum absolute atomic E-state index is 0.115. The van der Waals surface area contributed by atoms with Gasteiger partial charge in [0.1, 0.15) is 11.6 Å². The van der Waals surface area contributed by atoms with Gasteiger partial charge in [-0.1, -0.05) is 0 Å². The Morgan fingerprint density at radius 2 is 1.92 bits per heavy atom. The normalized spacial score (nSPS) is 17.0. The second-order valence-corrected chi connectivity index (χ2v) is 8.07. The molecule has 2 rings (SSSR count). The number of rotatable bonds is 3. The van der Waals surface area contributed by atoms with Crippen molar-refractivity contribution in [3.05, 3.63) is 27.7 Å². The molecular weight excluding hydrogens is 374 g/mol. The van der Waals surface area contributed by atoms with E-state index in [-0.39, 0.29) is 12.0 Å². The average molecular weight is 398 g/mol. The lowest BCUT2D eigenvalue weighted by atomic mass is 10.1. The SMILES string of the molecule is COC(=O)c1cc(Br)c2c(c1)CC(C(=O)OC(C)(C)C)N2C(C)C. The molecule has 1 aromatic carbocycles. The number of ether oxygens (including phenoxy) is 2. The number of hydrogen-bond donors (Lipinski definition) is 0. The predicted molar refractivity (Wildman–Crippen MR) is 96.4 cm³/mol. The summed E-state index contributed by atoms with van der Waals surface area (Å²) in [6.45, 7) is 9.65. The van der Waals surface area contributed by atoms with Crippen molar-refractivity contribution < 1.29 is 19.1 Å². The van der Waals surface area contributed by atoms with Crippen LogP contribution in [0.3, 0.4) is 0 Å². The lowest BCUT2D eigenvalue weighted by Gasteiger charge is -2.32. The van der Waals surface area contributed by atoms with Gasteiger partial charge >= 0.3 is 11.9 Å². The lowest BCUT2D eigenvalue weighted by Crippen LogP contribution is -2.46. The standard InChI is InChI=1S/C18H24BrNO4/c1-10(2)20-14(17(22)24-18(3,4)5)9-11-7-12(16(21)23-6)8-13(19)15(11)20/h7-8,10,14H,9H2,1-6H3. The lowest BCUT2D eigenvalue weighted by molar-refractivity contribution is -0.156. The van der Waals surface area contributed by atoms with Crippen molar-refractivity contribution in [2.45, 2.75) is 58.7 Å². The first kappa shape index (κ1) is 18.8. The molecular formula is C18H24BrNO4. The van der Waals surface area contributed by atoms with E-state index in [4.69, 9.17) is 9.47 Å². The Labute approximate surface area is 151 Å². The Hall–Kier alpha value is -1.56. The molecule has 6 heteroatoms. The quantitative estimate of drug-likeness (QED) is 0.727. The first-order chi connectivity index (χ1) is 11.0. The molecule has 0 aromatic heterocycles. The maximum atomic E-state index is 12.7. The number of halogens is 1. The largest absolute Gasteiger partial charge is 0.465 e. The van der Waals surface area contributed by atoms with Crippen molar-refractivity contribution in [1.82, 2.24) is 0 Å². The van der Waals surface area contributed by atoms with Gasteiger partial charge in [0, 0.05) is 16.9 Å². The van der Waals surface area contributed by atoms with Crippen LogP contribution in [0.2, 0.25) is 0 Å². The number of fused-ring (bicyclic) bond motifs is 1. The van der Waals surface area contributed by atoms with E-state index in [2.05, 4.69) is 20.8 Å². The van der Waals surface area contributed by atoms with Gasteiger partial charge in [0.05, 0.1) is 18.4 Å². The van der Waals surface area contributed by atoms with Crippen molar-refractivity contribution in [2.24, 2.45) is 0 Å². The fourth-order valence-electron chi connectivity index (χ4n) is 2.98. The molecule has 1 unspecified atom stereocenters. The molecule has 0 aliphatic carbocycles. The fourth-order valence-corrected chi connectivity index (χ4v) is 3.69. The van der Waals surface area contributed by atoms with Gasteiger partial charge in [-0.05, 0) is 68.2 Å². The third-order valence-corrected chi connectivity index (χ3v) is 4.41. The van der Waals surface area contributed by atoms with Gasteiger partial charge in [-0.3, -0.25) is 0 Å². The van der Waals surface area contributed by atoms with Crippen LogP contribution in [0.4, 0.5) is 5.69 Å². The first-order valence-corrected chi connectivity index (χ1v) is 8.76. The summed E-state index contributed by atoms with van der Waals surface area (Å²) in [5.41, 5.74) is 1.81. The molecule has 5 nitrogen and oxygen atoms in total.